The third kappa shape index (κ3) is 4.42. The van der Waals surface area contributed by atoms with Crippen LogP contribution in [0.25, 0.3) is 132 Å². The average Bonchev–Trinajstić information content (AvgIpc) is 3.94. The van der Waals surface area contributed by atoms with Crippen LogP contribution in [0, 0.1) is 0 Å². The maximum atomic E-state index is 6.70. The minimum absolute atomic E-state index is 0.831. The van der Waals surface area contributed by atoms with E-state index in [1.54, 1.807) is 0 Å². The minimum atomic E-state index is 0.831. The summed E-state index contributed by atoms with van der Waals surface area (Å²) in [6.07, 6.45) is 0. The van der Waals surface area contributed by atoms with Crippen LogP contribution in [0.5, 0.6) is 0 Å². The van der Waals surface area contributed by atoms with Gasteiger partial charge in [0.25, 0.3) is 0 Å². The van der Waals surface area contributed by atoms with E-state index in [9.17, 15) is 0 Å². The van der Waals surface area contributed by atoms with Gasteiger partial charge in [0, 0.05) is 43.8 Å². The van der Waals surface area contributed by atoms with Crippen molar-refractivity contribution < 1.29 is 13.3 Å². The van der Waals surface area contributed by atoms with Crippen molar-refractivity contribution in [3.63, 3.8) is 0 Å². The highest BCUT2D eigenvalue weighted by molar-refractivity contribution is 6.23. The molecule has 3 heteroatoms. The van der Waals surface area contributed by atoms with Gasteiger partial charge in [-0.05, 0) is 115 Å². The molecule has 0 aliphatic heterocycles. The van der Waals surface area contributed by atoms with E-state index in [1.165, 1.54) is 38.2 Å². The summed E-state index contributed by atoms with van der Waals surface area (Å²) >= 11 is 0. The molecule has 0 fully saturated rings. The summed E-state index contributed by atoms with van der Waals surface area (Å²) in [5.41, 5.74) is 12.3. The predicted octanol–water partition coefficient (Wildman–Crippen LogP) is 15.8. The second-order valence-electron chi connectivity index (χ2n) is 15.2. The summed E-state index contributed by atoms with van der Waals surface area (Å²) in [6, 6.07) is 65.0. The summed E-state index contributed by atoms with van der Waals surface area (Å²) in [5, 5.41) is 13.8. The van der Waals surface area contributed by atoms with E-state index in [0.29, 0.717) is 0 Å². The van der Waals surface area contributed by atoms with E-state index in [4.69, 9.17) is 13.3 Å². The molecule has 13 rings (SSSR count). The number of hydrogen-bond acceptors (Lipinski definition) is 3. The van der Waals surface area contributed by atoms with Crippen molar-refractivity contribution in [2.24, 2.45) is 0 Å². The molecule has 0 unspecified atom stereocenters. The molecule has 0 bridgehead atoms. The highest BCUT2D eigenvalue weighted by atomic mass is 16.3. The Morgan fingerprint density at radius 3 is 1.42 bits per heavy atom. The molecule has 0 amide bonds. The lowest BCUT2D eigenvalue weighted by Crippen LogP contribution is -1.90. The van der Waals surface area contributed by atoms with Gasteiger partial charge in [-0.2, -0.15) is 0 Å². The highest BCUT2D eigenvalue weighted by Gasteiger charge is 2.19. The first kappa shape index (κ1) is 30.7. The zero-order valence-corrected chi connectivity index (χ0v) is 30.5. The highest BCUT2D eigenvalue weighted by Crippen LogP contribution is 2.45. The molecule has 10 aromatic carbocycles. The van der Waals surface area contributed by atoms with Gasteiger partial charge in [0.15, 0.2) is 0 Å². The van der Waals surface area contributed by atoms with Crippen molar-refractivity contribution in [2.75, 3.05) is 0 Å². The first-order valence-corrected chi connectivity index (χ1v) is 19.4. The normalized spacial score (nSPS) is 12.2. The molecule has 0 aliphatic carbocycles. The third-order valence-corrected chi connectivity index (χ3v) is 12.0. The average molecular weight is 727 g/mol. The SMILES string of the molecule is c1ccc(-c2c3ccccc3c(-c3ccc4c(c3)oc3cc(-c5ccc6c(ccc7c8cc9c(cc8oc67)oc6ccccc69)c5)ccc34)c3ccccc23)cc1. The van der Waals surface area contributed by atoms with Crippen molar-refractivity contribution >= 4 is 98.1 Å². The second kappa shape index (κ2) is 11.5. The molecule has 3 heterocycles. The Kier molecular flexibility index (Phi) is 6.16. The van der Waals surface area contributed by atoms with Crippen molar-refractivity contribution in [3.8, 4) is 33.4 Å². The smallest absolute Gasteiger partial charge is 0.143 e. The van der Waals surface area contributed by atoms with E-state index in [-0.39, 0.29) is 0 Å². The Labute approximate surface area is 325 Å². The van der Waals surface area contributed by atoms with Gasteiger partial charge in [-0.1, -0.05) is 121 Å². The minimum Gasteiger partial charge on any atom is -0.456 e. The van der Waals surface area contributed by atoms with E-state index in [1.807, 2.05) is 18.2 Å². The fourth-order valence-electron chi connectivity index (χ4n) is 9.43. The summed E-state index contributed by atoms with van der Waals surface area (Å²) in [7, 11) is 0. The van der Waals surface area contributed by atoms with Crippen LogP contribution in [-0.4, -0.2) is 0 Å². The maximum absolute atomic E-state index is 6.70. The largest absolute Gasteiger partial charge is 0.456 e. The summed E-state index contributed by atoms with van der Waals surface area (Å²) in [4.78, 5) is 0. The van der Waals surface area contributed by atoms with Crippen LogP contribution in [0.2, 0.25) is 0 Å². The third-order valence-electron chi connectivity index (χ3n) is 12.0. The lowest BCUT2D eigenvalue weighted by molar-refractivity contribution is 0.658. The van der Waals surface area contributed by atoms with Crippen molar-refractivity contribution in [3.05, 3.63) is 182 Å². The Morgan fingerprint density at radius 2 is 0.702 bits per heavy atom. The Morgan fingerprint density at radius 1 is 0.228 bits per heavy atom. The molecule has 57 heavy (non-hydrogen) atoms. The standard InChI is InChI=1S/C54H30O3/c1-2-10-31(11-3-1)52-40-13-4-6-15-42(40)53(43-16-7-5-14-41(43)52)35-21-24-39-38-23-19-33(27-48(38)56-49(39)28-35)32-18-22-36-34(26-32)20-25-44-46-29-45-37-12-8-9-17-47(37)55-50(45)30-51(46)57-54(36)44/h1-30H. The lowest BCUT2D eigenvalue weighted by atomic mass is 9.86. The number of hydrogen-bond donors (Lipinski definition) is 0. The molecule has 0 aliphatic rings. The molecule has 264 valence electrons. The second-order valence-corrected chi connectivity index (χ2v) is 15.2. The first-order chi connectivity index (χ1) is 28.2. The van der Waals surface area contributed by atoms with Crippen molar-refractivity contribution in [2.45, 2.75) is 0 Å². The Hall–Kier alpha value is -7.62. The Bertz CT molecular complexity index is 3750. The molecule has 13 aromatic rings. The summed E-state index contributed by atoms with van der Waals surface area (Å²) in [6.45, 7) is 0. The summed E-state index contributed by atoms with van der Waals surface area (Å²) < 4.78 is 19.4. The molecule has 3 nitrogen and oxygen atoms in total. The molecule has 0 spiro atoms. The van der Waals surface area contributed by atoms with Gasteiger partial charge >= 0.3 is 0 Å². The van der Waals surface area contributed by atoms with E-state index in [2.05, 4.69) is 164 Å². The van der Waals surface area contributed by atoms with Crippen molar-refractivity contribution in [1.82, 2.24) is 0 Å². The van der Waals surface area contributed by atoms with Crippen LogP contribution in [0.4, 0.5) is 0 Å². The monoisotopic (exact) mass is 726 g/mol. The van der Waals surface area contributed by atoms with Gasteiger partial charge in [0.1, 0.15) is 33.5 Å². The quantitative estimate of drug-likeness (QED) is 0.170. The van der Waals surface area contributed by atoms with E-state index < -0.39 is 0 Å². The topological polar surface area (TPSA) is 39.4 Å². The molecule has 3 aromatic heterocycles. The number of fused-ring (bicyclic) bond motifs is 13. The fourth-order valence-corrected chi connectivity index (χ4v) is 9.43. The maximum Gasteiger partial charge on any atom is 0.143 e. The van der Waals surface area contributed by atoms with Crippen LogP contribution >= 0.6 is 0 Å². The van der Waals surface area contributed by atoms with Gasteiger partial charge in [0.2, 0.25) is 0 Å². The molecular weight excluding hydrogens is 697 g/mol. The van der Waals surface area contributed by atoms with Crippen LogP contribution in [0.1, 0.15) is 0 Å². The number of para-hydroxylation sites is 1. The number of rotatable bonds is 3. The van der Waals surface area contributed by atoms with Crippen LogP contribution in [0.3, 0.4) is 0 Å². The zero-order valence-electron chi connectivity index (χ0n) is 30.5. The van der Waals surface area contributed by atoms with Gasteiger partial charge in [0.05, 0.1) is 0 Å². The van der Waals surface area contributed by atoms with E-state index in [0.717, 1.165) is 93.3 Å². The zero-order chi connectivity index (χ0) is 37.2. The predicted molar refractivity (Wildman–Crippen MR) is 237 cm³/mol. The Balaban J connectivity index is 0.919. The molecule has 0 saturated heterocycles. The molecule has 0 atom stereocenters. The number of furan rings is 3. The molecule has 0 N–H and O–H groups in total. The van der Waals surface area contributed by atoms with E-state index >= 15 is 0 Å². The lowest BCUT2D eigenvalue weighted by Gasteiger charge is -2.17. The van der Waals surface area contributed by atoms with Crippen LogP contribution in [0.15, 0.2) is 195 Å². The molecule has 0 saturated carbocycles. The van der Waals surface area contributed by atoms with Crippen LogP contribution in [-0.2, 0) is 0 Å². The fraction of sp³-hybridized carbons (Fsp3) is 0. The van der Waals surface area contributed by atoms with Crippen LogP contribution < -0.4 is 0 Å². The first-order valence-electron chi connectivity index (χ1n) is 19.4. The molecular formula is C54H30O3. The van der Waals surface area contributed by atoms with Gasteiger partial charge < -0.3 is 13.3 Å². The molecule has 0 radical (unpaired) electrons. The van der Waals surface area contributed by atoms with Gasteiger partial charge in [-0.25, -0.2) is 0 Å². The van der Waals surface area contributed by atoms with Crippen molar-refractivity contribution in [1.29, 1.82) is 0 Å². The van der Waals surface area contributed by atoms with Gasteiger partial charge in [-0.3, -0.25) is 0 Å². The number of benzene rings is 10. The summed E-state index contributed by atoms with van der Waals surface area (Å²) in [5.74, 6) is 0. The van der Waals surface area contributed by atoms with Gasteiger partial charge in [-0.15, -0.1) is 0 Å².